The van der Waals surface area contributed by atoms with E-state index in [1.165, 1.54) is 12.5 Å². The van der Waals surface area contributed by atoms with Crippen molar-refractivity contribution in [2.45, 2.75) is 49.9 Å². The van der Waals surface area contributed by atoms with Crippen molar-refractivity contribution in [2.24, 2.45) is 11.5 Å². The van der Waals surface area contributed by atoms with Crippen molar-refractivity contribution in [3.8, 4) is 0 Å². The molecule has 0 fully saturated rings. The number of aromatic nitrogens is 2. The van der Waals surface area contributed by atoms with Crippen LogP contribution >= 0.6 is 25.3 Å². The maximum absolute atomic E-state index is 12.9. The Morgan fingerprint density at radius 3 is 2.16 bits per heavy atom. The summed E-state index contributed by atoms with van der Waals surface area (Å²) >= 11 is 8.03. The van der Waals surface area contributed by atoms with Crippen LogP contribution in [-0.4, -0.2) is 81.0 Å². The van der Waals surface area contributed by atoms with Crippen LogP contribution in [0.2, 0.25) is 0 Å². The Morgan fingerprint density at radius 2 is 1.62 bits per heavy atom. The minimum atomic E-state index is -1.19. The Hall–Kier alpha value is -2.29. The number of nitrogens with one attached hydrogen (secondary N) is 4. The minimum absolute atomic E-state index is 0.0239. The topological polar surface area (TPSA) is 205 Å². The maximum Gasteiger partial charge on any atom is 0.326 e. The summed E-state index contributed by atoms with van der Waals surface area (Å²) < 4.78 is 0. The largest absolute Gasteiger partial charge is 0.480 e. The number of imidazole rings is 1. The molecular weight excluding hydrogens is 458 g/mol. The van der Waals surface area contributed by atoms with E-state index in [4.69, 9.17) is 11.5 Å². The van der Waals surface area contributed by atoms with Gasteiger partial charge in [-0.1, -0.05) is 0 Å². The third kappa shape index (κ3) is 9.46. The highest BCUT2D eigenvalue weighted by molar-refractivity contribution is 7.80. The van der Waals surface area contributed by atoms with Crippen LogP contribution in [0.4, 0.5) is 0 Å². The molecule has 0 aliphatic rings. The monoisotopic (exact) mass is 489 g/mol. The molecule has 1 heterocycles. The molecule has 1 aromatic rings. The van der Waals surface area contributed by atoms with Gasteiger partial charge in [0.15, 0.2) is 0 Å². The lowest BCUT2D eigenvalue weighted by Crippen LogP contribution is -2.58. The van der Waals surface area contributed by atoms with Crippen LogP contribution in [0.25, 0.3) is 0 Å². The van der Waals surface area contributed by atoms with Crippen LogP contribution in [0.5, 0.6) is 0 Å². The van der Waals surface area contributed by atoms with E-state index in [0.717, 1.165) is 0 Å². The first-order valence-corrected chi connectivity index (χ1v) is 11.3. The van der Waals surface area contributed by atoms with Gasteiger partial charge in [0.1, 0.15) is 18.1 Å². The normalized spacial score (nSPS) is 14.6. The molecule has 0 bridgehead atoms. The molecule has 9 N–H and O–H groups in total. The highest BCUT2D eigenvalue weighted by Gasteiger charge is 2.30. The number of hydrogen-bond donors (Lipinski definition) is 9. The number of nitrogens with two attached hydrogens (primary N) is 2. The Bertz CT molecular complexity index is 750. The van der Waals surface area contributed by atoms with Crippen molar-refractivity contribution in [2.75, 3.05) is 18.1 Å². The van der Waals surface area contributed by atoms with Crippen molar-refractivity contribution >= 4 is 48.9 Å². The summed E-state index contributed by atoms with van der Waals surface area (Å²) in [5.41, 5.74) is 11.6. The van der Waals surface area contributed by atoms with Crippen molar-refractivity contribution in [1.29, 1.82) is 0 Å². The molecule has 12 nitrogen and oxygen atoms in total. The van der Waals surface area contributed by atoms with E-state index < -0.39 is 47.9 Å². The second-order valence-corrected chi connectivity index (χ2v) is 7.79. The number of hydrogen-bond acceptors (Lipinski definition) is 9. The number of amides is 3. The average Bonchev–Trinajstić information content (AvgIpc) is 3.28. The van der Waals surface area contributed by atoms with E-state index in [2.05, 4.69) is 51.2 Å². The molecular formula is C18H31N7O5S2. The Balaban J connectivity index is 2.92. The fraction of sp³-hybridized carbons (Fsp3) is 0.611. The number of carbonyl (C=O) groups is 4. The molecule has 3 amide bonds. The summed E-state index contributed by atoms with van der Waals surface area (Å²) in [4.78, 5) is 55.8. The number of thiol groups is 2. The smallest absolute Gasteiger partial charge is 0.326 e. The maximum atomic E-state index is 12.9. The number of carbonyl (C=O) groups excluding carboxylic acids is 3. The van der Waals surface area contributed by atoms with E-state index in [-0.39, 0.29) is 24.3 Å². The van der Waals surface area contributed by atoms with Crippen LogP contribution in [0, 0.1) is 0 Å². The molecule has 1 aromatic heterocycles. The zero-order chi connectivity index (χ0) is 24.1. The summed E-state index contributed by atoms with van der Waals surface area (Å²) in [6, 6.07) is -4.24. The molecule has 1 rings (SSSR count). The van der Waals surface area contributed by atoms with Crippen molar-refractivity contribution in [3.63, 3.8) is 0 Å². The number of carboxylic acid groups (broad SMARTS) is 1. The molecule has 0 aliphatic heterocycles. The second kappa shape index (κ2) is 14.7. The van der Waals surface area contributed by atoms with Gasteiger partial charge in [0, 0.05) is 29.8 Å². The Labute approximate surface area is 196 Å². The zero-order valence-corrected chi connectivity index (χ0v) is 19.3. The summed E-state index contributed by atoms with van der Waals surface area (Å²) in [5.74, 6) is -3.11. The van der Waals surface area contributed by atoms with Gasteiger partial charge in [0.25, 0.3) is 0 Å². The molecule has 4 unspecified atom stereocenters. The molecule has 4 atom stereocenters. The van der Waals surface area contributed by atoms with Gasteiger partial charge in [-0.25, -0.2) is 9.78 Å². The van der Waals surface area contributed by atoms with Crippen LogP contribution < -0.4 is 27.4 Å². The van der Waals surface area contributed by atoms with Crippen LogP contribution in [0.1, 0.15) is 25.0 Å². The van der Waals surface area contributed by atoms with Gasteiger partial charge in [-0.05, 0) is 25.8 Å². The summed E-state index contributed by atoms with van der Waals surface area (Å²) in [6.45, 7) is 0.409. The first-order chi connectivity index (χ1) is 15.2. The fourth-order valence-corrected chi connectivity index (χ4v) is 3.10. The predicted octanol–water partition coefficient (Wildman–Crippen LogP) is -2.19. The quantitative estimate of drug-likeness (QED) is 0.0974. The average molecular weight is 490 g/mol. The van der Waals surface area contributed by atoms with Crippen molar-refractivity contribution in [3.05, 3.63) is 18.2 Å². The number of carboxylic acids is 1. The Kier molecular flexibility index (Phi) is 12.8. The zero-order valence-electron chi connectivity index (χ0n) is 17.5. The number of aliphatic carboxylic acids is 1. The van der Waals surface area contributed by atoms with Gasteiger partial charge < -0.3 is 37.5 Å². The van der Waals surface area contributed by atoms with Gasteiger partial charge >= 0.3 is 5.97 Å². The molecule has 0 saturated heterocycles. The van der Waals surface area contributed by atoms with Crippen LogP contribution in [0.3, 0.4) is 0 Å². The van der Waals surface area contributed by atoms with Crippen molar-refractivity contribution in [1.82, 2.24) is 25.9 Å². The number of unbranched alkanes of at least 4 members (excludes halogenated alkanes) is 1. The van der Waals surface area contributed by atoms with Crippen LogP contribution in [-0.2, 0) is 25.6 Å². The van der Waals surface area contributed by atoms with E-state index in [0.29, 0.717) is 25.1 Å². The first kappa shape index (κ1) is 27.7. The second-order valence-electron chi connectivity index (χ2n) is 7.06. The molecule has 180 valence electrons. The van der Waals surface area contributed by atoms with E-state index in [9.17, 15) is 24.3 Å². The Morgan fingerprint density at radius 1 is 1.00 bits per heavy atom. The van der Waals surface area contributed by atoms with Gasteiger partial charge in [-0.3, -0.25) is 14.4 Å². The third-order valence-corrected chi connectivity index (χ3v) is 5.28. The molecule has 0 saturated carbocycles. The number of rotatable bonds is 15. The van der Waals surface area contributed by atoms with Crippen molar-refractivity contribution < 1.29 is 24.3 Å². The van der Waals surface area contributed by atoms with E-state index >= 15 is 0 Å². The van der Waals surface area contributed by atoms with Gasteiger partial charge in [0.2, 0.25) is 17.7 Å². The molecule has 0 radical (unpaired) electrons. The number of nitrogens with zero attached hydrogens (tertiary/aromatic N) is 1. The van der Waals surface area contributed by atoms with Gasteiger partial charge in [0.05, 0.1) is 12.4 Å². The summed E-state index contributed by atoms with van der Waals surface area (Å²) in [5, 5.41) is 16.9. The number of H-pyrrole nitrogens is 1. The standard InChI is InChI=1S/C18H31N7O5S2/c19-4-2-1-3-12(18(29)30)23-16(27)13(5-10-6-21-9-22-10)24-17(28)14(8-32)25-15(26)11(20)7-31/h6,9,11-14,31-32H,1-5,7-8,19-20H2,(H,21,22)(H,23,27)(H,24,28)(H,25,26)(H,29,30). The summed E-state index contributed by atoms with van der Waals surface area (Å²) in [6.07, 6.45) is 4.24. The van der Waals surface area contributed by atoms with Gasteiger partial charge in [-0.2, -0.15) is 25.3 Å². The highest BCUT2D eigenvalue weighted by atomic mass is 32.1. The lowest BCUT2D eigenvalue weighted by Gasteiger charge is -2.24. The molecule has 0 spiro atoms. The summed E-state index contributed by atoms with van der Waals surface area (Å²) in [7, 11) is 0. The van der Waals surface area contributed by atoms with Crippen LogP contribution in [0.15, 0.2) is 12.5 Å². The lowest BCUT2D eigenvalue weighted by molar-refractivity contribution is -0.142. The SMILES string of the molecule is NCCCCC(NC(=O)C(Cc1cnc[nH]1)NC(=O)C(CS)NC(=O)C(N)CS)C(=O)O. The first-order valence-electron chi connectivity index (χ1n) is 10.0. The third-order valence-electron chi connectivity index (χ3n) is 4.52. The van der Waals surface area contributed by atoms with Gasteiger partial charge in [-0.15, -0.1) is 0 Å². The van der Waals surface area contributed by atoms with E-state index in [1.807, 2.05) is 0 Å². The molecule has 32 heavy (non-hydrogen) atoms. The van der Waals surface area contributed by atoms with E-state index in [1.54, 1.807) is 0 Å². The fourth-order valence-electron chi connectivity index (χ4n) is 2.68. The lowest BCUT2D eigenvalue weighted by atomic mass is 10.1. The molecule has 14 heteroatoms. The minimum Gasteiger partial charge on any atom is -0.480 e. The predicted molar refractivity (Wildman–Crippen MR) is 124 cm³/mol. The molecule has 0 aliphatic carbocycles. The molecule has 0 aromatic carbocycles. The highest BCUT2D eigenvalue weighted by Crippen LogP contribution is 2.05. The number of aromatic amines is 1.